The van der Waals surface area contributed by atoms with Crippen molar-refractivity contribution in [3.05, 3.63) is 0 Å². The molecule has 0 aromatic rings. The van der Waals surface area contributed by atoms with Gasteiger partial charge in [0.05, 0.1) is 0 Å². The maximum atomic E-state index is 5.69. The van der Waals surface area contributed by atoms with E-state index in [9.17, 15) is 0 Å². The third kappa shape index (κ3) is 1.39. The van der Waals surface area contributed by atoms with E-state index in [0.717, 1.165) is 18.4 Å². The zero-order valence-electron chi connectivity index (χ0n) is 8.18. The zero-order valence-corrected chi connectivity index (χ0v) is 8.18. The van der Waals surface area contributed by atoms with Gasteiger partial charge in [-0.2, -0.15) is 0 Å². The Bertz CT molecular complexity index is 158. The van der Waals surface area contributed by atoms with Gasteiger partial charge in [-0.05, 0) is 43.1 Å². The Labute approximate surface area is 75.7 Å². The highest BCUT2D eigenvalue weighted by atomic mass is 14.6. The lowest BCUT2D eigenvalue weighted by Crippen LogP contribution is -2.24. The van der Waals surface area contributed by atoms with Crippen LogP contribution in [0.2, 0.25) is 0 Å². The Balaban J connectivity index is 1.92. The van der Waals surface area contributed by atoms with Crippen LogP contribution in [-0.2, 0) is 0 Å². The van der Waals surface area contributed by atoms with Crippen LogP contribution in [0.4, 0.5) is 0 Å². The van der Waals surface area contributed by atoms with Gasteiger partial charge in [0.25, 0.3) is 0 Å². The van der Waals surface area contributed by atoms with Gasteiger partial charge < -0.3 is 5.73 Å². The highest BCUT2D eigenvalue weighted by molar-refractivity contribution is 4.99. The molecule has 2 atom stereocenters. The van der Waals surface area contributed by atoms with Gasteiger partial charge >= 0.3 is 0 Å². The fourth-order valence-corrected chi connectivity index (χ4v) is 3.09. The Kier molecular flexibility index (Phi) is 2.16. The van der Waals surface area contributed by atoms with E-state index < -0.39 is 0 Å². The molecule has 0 aliphatic heterocycles. The van der Waals surface area contributed by atoms with Gasteiger partial charge in [-0.3, -0.25) is 0 Å². The number of nitrogens with two attached hydrogens (primary N) is 1. The van der Waals surface area contributed by atoms with Crippen LogP contribution in [0.15, 0.2) is 0 Å². The van der Waals surface area contributed by atoms with Gasteiger partial charge in [0, 0.05) is 0 Å². The molecule has 0 bridgehead atoms. The van der Waals surface area contributed by atoms with Gasteiger partial charge in [-0.1, -0.05) is 26.2 Å². The monoisotopic (exact) mass is 167 g/mol. The van der Waals surface area contributed by atoms with Crippen molar-refractivity contribution in [1.29, 1.82) is 0 Å². The molecule has 0 spiro atoms. The standard InChI is InChI=1S/C11H21N/c1-11(5-3-2-4-6-11)10-7-9(10)8-12/h9-10H,2-8,12H2,1H3. The Morgan fingerprint density at radius 2 is 1.92 bits per heavy atom. The first-order valence-electron chi connectivity index (χ1n) is 5.46. The summed E-state index contributed by atoms with van der Waals surface area (Å²) in [4.78, 5) is 0. The lowest BCUT2D eigenvalue weighted by Gasteiger charge is -2.34. The molecule has 2 saturated carbocycles. The van der Waals surface area contributed by atoms with Crippen LogP contribution < -0.4 is 5.73 Å². The lowest BCUT2D eigenvalue weighted by atomic mass is 9.71. The lowest BCUT2D eigenvalue weighted by molar-refractivity contribution is 0.171. The maximum Gasteiger partial charge on any atom is -0.00459 e. The smallest absolute Gasteiger partial charge is 0.00459 e. The average molecular weight is 167 g/mol. The molecular formula is C11H21N. The van der Waals surface area contributed by atoms with E-state index in [1.54, 1.807) is 0 Å². The predicted molar refractivity (Wildman–Crippen MR) is 51.8 cm³/mol. The topological polar surface area (TPSA) is 26.0 Å². The molecule has 2 unspecified atom stereocenters. The van der Waals surface area contributed by atoms with E-state index in [2.05, 4.69) is 6.92 Å². The van der Waals surface area contributed by atoms with Crippen LogP contribution in [0, 0.1) is 17.3 Å². The van der Waals surface area contributed by atoms with E-state index in [1.165, 1.54) is 38.5 Å². The van der Waals surface area contributed by atoms with E-state index in [4.69, 9.17) is 5.73 Å². The van der Waals surface area contributed by atoms with Crippen LogP contribution >= 0.6 is 0 Å². The van der Waals surface area contributed by atoms with Crippen LogP contribution in [0.25, 0.3) is 0 Å². The molecule has 2 aliphatic carbocycles. The summed E-state index contributed by atoms with van der Waals surface area (Å²) in [6.45, 7) is 3.42. The molecule has 2 N–H and O–H groups in total. The van der Waals surface area contributed by atoms with Crippen molar-refractivity contribution in [2.75, 3.05) is 6.54 Å². The molecule has 0 saturated heterocycles. The molecule has 12 heavy (non-hydrogen) atoms. The fourth-order valence-electron chi connectivity index (χ4n) is 3.09. The summed E-state index contributed by atoms with van der Waals surface area (Å²) in [5.41, 5.74) is 6.37. The van der Waals surface area contributed by atoms with Crippen molar-refractivity contribution >= 4 is 0 Å². The summed E-state index contributed by atoms with van der Waals surface area (Å²) in [6, 6.07) is 0. The predicted octanol–water partition coefficient (Wildman–Crippen LogP) is 2.55. The minimum atomic E-state index is 0.683. The summed E-state index contributed by atoms with van der Waals surface area (Å²) in [5, 5.41) is 0. The highest BCUT2D eigenvalue weighted by Crippen LogP contribution is 2.56. The molecule has 0 heterocycles. The fraction of sp³-hybridized carbons (Fsp3) is 1.00. The van der Waals surface area contributed by atoms with Gasteiger partial charge in [-0.15, -0.1) is 0 Å². The third-order valence-electron chi connectivity index (χ3n) is 4.12. The minimum Gasteiger partial charge on any atom is -0.330 e. The Hall–Kier alpha value is -0.0400. The molecule has 2 aliphatic rings. The molecule has 0 radical (unpaired) electrons. The molecule has 0 amide bonds. The number of hydrogen-bond acceptors (Lipinski definition) is 1. The van der Waals surface area contributed by atoms with Gasteiger partial charge in [0.2, 0.25) is 0 Å². The summed E-state index contributed by atoms with van der Waals surface area (Å²) in [5.74, 6) is 1.87. The first-order chi connectivity index (χ1) is 5.76. The minimum absolute atomic E-state index is 0.683. The molecule has 1 heteroatoms. The first-order valence-corrected chi connectivity index (χ1v) is 5.46. The van der Waals surface area contributed by atoms with Crippen LogP contribution in [0.1, 0.15) is 45.4 Å². The first kappa shape index (κ1) is 8.55. The van der Waals surface area contributed by atoms with Crippen molar-refractivity contribution in [2.24, 2.45) is 23.0 Å². The third-order valence-corrected chi connectivity index (χ3v) is 4.12. The van der Waals surface area contributed by atoms with E-state index >= 15 is 0 Å². The van der Waals surface area contributed by atoms with Gasteiger partial charge in [0.15, 0.2) is 0 Å². The van der Waals surface area contributed by atoms with E-state index in [0.29, 0.717) is 5.41 Å². The molecule has 2 fully saturated rings. The van der Waals surface area contributed by atoms with Gasteiger partial charge in [0.1, 0.15) is 0 Å². The van der Waals surface area contributed by atoms with Crippen LogP contribution in [0.5, 0.6) is 0 Å². The van der Waals surface area contributed by atoms with E-state index in [1.807, 2.05) is 0 Å². The largest absolute Gasteiger partial charge is 0.330 e. The second-order valence-corrected chi connectivity index (χ2v) is 5.05. The molecule has 0 aromatic heterocycles. The molecule has 1 nitrogen and oxygen atoms in total. The Morgan fingerprint density at radius 3 is 2.42 bits per heavy atom. The van der Waals surface area contributed by atoms with Crippen LogP contribution in [0.3, 0.4) is 0 Å². The van der Waals surface area contributed by atoms with Crippen LogP contribution in [-0.4, -0.2) is 6.54 Å². The molecule has 0 aromatic carbocycles. The van der Waals surface area contributed by atoms with Crippen molar-refractivity contribution in [3.63, 3.8) is 0 Å². The normalized spacial score (nSPS) is 39.5. The van der Waals surface area contributed by atoms with Crippen molar-refractivity contribution in [1.82, 2.24) is 0 Å². The second-order valence-electron chi connectivity index (χ2n) is 5.05. The summed E-state index contributed by atoms with van der Waals surface area (Å²) in [6.07, 6.45) is 8.75. The maximum absolute atomic E-state index is 5.69. The summed E-state index contributed by atoms with van der Waals surface area (Å²) < 4.78 is 0. The van der Waals surface area contributed by atoms with Crippen molar-refractivity contribution in [2.45, 2.75) is 45.4 Å². The summed E-state index contributed by atoms with van der Waals surface area (Å²) in [7, 11) is 0. The molecular weight excluding hydrogens is 146 g/mol. The number of rotatable bonds is 2. The zero-order chi connectivity index (χ0) is 8.60. The number of hydrogen-bond donors (Lipinski definition) is 1. The van der Waals surface area contributed by atoms with Gasteiger partial charge in [-0.25, -0.2) is 0 Å². The van der Waals surface area contributed by atoms with E-state index in [-0.39, 0.29) is 0 Å². The Morgan fingerprint density at radius 1 is 1.25 bits per heavy atom. The van der Waals surface area contributed by atoms with Crippen molar-refractivity contribution in [3.8, 4) is 0 Å². The second kappa shape index (κ2) is 3.02. The summed E-state index contributed by atoms with van der Waals surface area (Å²) >= 11 is 0. The average Bonchev–Trinajstić information content (AvgIpc) is 2.84. The SMILES string of the molecule is CC1(C2CC2CN)CCCCC1. The molecule has 70 valence electrons. The quantitative estimate of drug-likeness (QED) is 0.672. The van der Waals surface area contributed by atoms with Crippen molar-refractivity contribution < 1.29 is 0 Å². The highest BCUT2D eigenvalue weighted by Gasteiger charge is 2.48. The molecule has 2 rings (SSSR count).